The third-order valence-electron chi connectivity index (χ3n) is 9.04. The first-order chi connectivity index (χ1) is 23.3. The Morgan fingerprint density at radius 3 is 2.43 bits per heavy atom. The Kier molecular flexibility index (Phi) is 9.63. The first-order valence-electron chi connectivity index (χ1n) is 16.7. The summed E-state index contributed by atoms with van der Waals surface area (Å²) < 4.78 is 36.3. The highest BCUT2D eigenvalue weighted by atomic mass is 32.2. The average Bonchev–Trinajstić information content (AvgIpc) is 3.54. The Morgan fingerprint density at radius 1 is 0.959 bits per heavy atom. The molecule has 2 aliphatic heterocycles. The maximum atomic E-state index is 14.5. The van der Waals surface area contributed by atoms with Crippen LogP contribution in [0.25, 0.3) is 11.3 Å². The number of aryl methyl sites for hydroxylation is 2. The average molecular weight is 685 g/mol. The number of anilines is 2. The number of fused-ring (bicyclic) bond motifs is 4. The summed E-state index contributed by atoms with van der Waals surface area (Å²) in [5.74, 6) is 0.471. The minimum atomic E-state index is -4.18. The number of carbonyl (C=O) groups excluding carboxylic acids is 1. The molecule has 2 aliphatic rings. The fourth-order valence-corrected chi connectivity index (χ4v) is 7.75. The summed E-state index contributed by atoms with van der Waals surface area (Å²) in [6, 6.07) is 18.9. The highest BCUT2D eigenvalue weighted by Crippen LogP contribution is 2.32. The quantitative estimate of drug-likeness (QED) is 0.260. The zero-order valence-electron chi connectivity index (χ0n) is 28.7. The predicted octanol–water partition coefficient (Wildman–Crippen LogP) is 5.76. The van der Waals surface area contributed by atoms with E-state index in [0.29, 0.717) is 17.8 Å². The minimum absolute atomic E-state index is 0.00130. The van der Waals surface area contributed by atoms with Crippen LogP contribution >= 0.6 is 0 Å². The Labute approximate surface area is 288 Å². The molecular weight excluding hydrogens is 641 g/mol. The van der Waals surface area contributed by atoms with Gasteiger partial charge < -0.3 is 19.6 Å². The number of hydrogen-bond donors (Lipinski definition) is 2. The zero-order chi connectivity index (χ0) is 34.9. The van der Waals surface area contributed by atoms with Crippen LogP contribution in [-0.2, 0) is 16.6 Å². The van der Waals surface area contributed by atoms with Gasteiger partial charge in [0.25, 0.3) is 15.9 Å². The predicted molar refractivity (Wildman–Crippen MR) is 189 cm³/mol. The van der Waals surface area contributed by atoms with Crippen LogP contribution in [0.1, 0.15) is 67.2 Å². The van der Waals surface area contributed by atoms with Gasteiger partial charge in [0.2, 0.25) is 11.8 Å². The fourth-order valence-electron chi connectivity index (χ4n) is 6.76. The summed E-state index contributed by atoms with van der Waals surface area (Å²) in [7, 11) is -4.18. The van der Waals surface area contributed by atoms with Crippen LogP contribution in [0.4, 0.5) is 11.8 Å². The van der Waals surface area contributed by atoms with Gasteiger partial charge in [-0.3, -0.25) is 4.79 Å². The number of nitrogens with zero attached hydrogens (tertiary/aromatic N) is 5. The van der Waals surface area contributed by atoms with Gasteiger partial charge in [0.15, 0.2) is 0 Å². The van der Waals surface area contributed by atoms with Crippen molar-refractivity contribution < 1.29 is 23.1 Å². The number of amides is 1. The Balaban J connectivity index is 1.46. The molecular formula is C37H44N6O5S. The molecule has 1 saturated heterocycles. The molecule has 1 amide bonds. The van der Waals surface area contributed by atoms with Gasteiger partial charge >= 0.3 is 0 Å². The van der Waals surface area contributed by atoms with E-state index >= 15 is 0 Å². The largest absolute Gasteiger partial charge is 0.475 e. The number of carbonyl (C=O) groups is 1. The van der Waals surface area contributed by atoms with Crippen molar-refractivity contribution in [2.24, 2.45) is 5.41 Å². The number of hydrogen-bond acceptors (Lipinski definition) is 9. The van der Waals surface area contributed by atoms with Gasteiger partial charge in [-0.1, -0.05) is 51.1 Å². The smallest absolute Gasteiger partial charge is 0.264 e. The minimum Gasteiger partial charge on any atom is -0.475 e. The molecule has 6 rings (SSSR count). The molecule has 11 nitrogen and oxygen atoms in total. The van der Waals surface area contributed by atoms with Gasteiger partial charge in [-0.05, 0) is 80.0 Å². The molecule has 2 aromatic heterocycles. The van der Waals surface area contributed by atoms with E-state index in [0.717, 1.165) is 41.9 Å². The molecule has 258 valence electrons. The SMILES string of the molecule is Cc1cccc(C)c1-c1cc2nc(n1)NS(=O)(=O)c1cccc(c1)C(=O)N(Cc1cccc(N3CCC[C@H]3CO)n1)[C@H](CC(C)(C)C)CO2. The van der Waals surface area contributed by atoms with Crippen LogP contribution in [0, 0.1) is 19.3 Å². The van der Waals surface area contributed by atoms with Gasteiger partial charge in [-0.15, -0.1) is 0 Å². The zero-order valence-corrected chi connectivity index (χ0v) is 29.5. The second-order valence-corrected chi connectivity index (χ2v) is 15.8. The molecule has 0 spiro atoms. The number of aliphatic hydroxyl groups is 1. The Hall–Kier alpha value is -4.55. The third-order valence-corrected chi connectivity index (χ3v) is 10.4. The molecule has 2 aromatic carbocycles. The number of sulfonamides is 1. The lowest BCUT2D eigenvalue weighted by Gasteiger charge is -2.36. The summed E-state index contributed by atoms with van der Waals surface area (Å²) in [6.45, 7) is 11.4. The third kappa shape index (κ3) is 7.70. The van der Waals surface area contributed by atoms with Crippen molar-refractivity contribution in [3.8, 4) is 17.1 Å². The lowest BCUT2D eigenvalue weighted by atomic mass is 9.87. The number of rotatable bonds is 6. The molecule has 0 radical (unpaired) electrons. The normalized spacial score (nSPS) is 19.3. The van der Waals surface area contributed by atoms with E-state index in [9.17, 15) is 18.3 Å². The van der Waals surface area contributed by atoms with Crippen molar-refractivity contribution in [1.29, 1.82) is 0 Å². The highest BCUT2D eigenvalue weighted by Gasteiger charge is 2.32. The monoisotopic (exact) mass is 684 g/mol. The van der Waals surface area contributed by atoms with E-state index in [4.69, 9.17) is 9.72 Å². The molecule has 4 heterocycles. The van der Waals surface area contributed by atoms with Crippen LogP contribution in [0.5, 0.6) is 5.88 Å². The number of aromatic nitrogens is 3. The van der Waals surface area contributed by atoms with E-state index in [2.05, 4.69) is 40.4 Å². The summed E-state index contributed by atoms with van der Waals surface area (Å²) in [4.78, 5) is 32.3. The maximum absolute atomic E-state index is 14.5. The lowest BCUT2D eigenvalue weighted by molar-refractivity contribution is 0.0509. The van der Waals surface area contributed by atoms with Gasteiger partial charge in [0, 0.05) is 23.7 Å². The summed E-state index contributed by atoms with van der Waals surface area (Å²) in [5, 5.41) is 9.94. The molecule has 0 unspecified atom stereocenters. The number of ether oxygens (including phenoxy) is 1. The summed E-state index contributed by atoms with van der Waals surface area (Å²) >= 11 is 0. The van der Waals surface area contributed by atoms with Crippen molar-refractivity contribution in [3.63, 3.8) is 0 Å². The van der Waals surface area contributed by atoms with Crippen molar-refractivity contribution >= 4 is 27.7 Å². The van der Waals surface area contributed by atoms with Gasteiger partial charge in [-0.2, -0.15) is 4.98 Å². The highest BCUT2D eigenvalue weighted by molar-refractivity contribution is 7.92. The maximum Gasteiger partial charge on any atom is 0.264 e. The molecule has 0 saturated carbocycles. The molecule has 2 atom stereocenters. The number of pyridine rings is 1. The van der Waals surface area contributed by atoms with Crippen LogP contribution in [0.15, 0.2) is 71.6 Å². The second-order valence-electron chi connectivity index (χ2n) is 14.1. The molecule has 49 heavy (non-hydrogen) atoms. The molecule has 2 N–H and O–H groups in total. The number of aliphatic hydroxyl groups excluding tert-OH is 1. The van der Waals surface area contributed by atoms with Gasteiger partial charge in [0.1, 0.15) is 12.4 Å². The van der Waals surface area contributed by atoms with Crippen molar-refractivity contribution in [1.82, 2.24) is 19.9 Å². The van der Waals surface area contributed by atoms with Crippen molar-refractivity contribution in [3.05, 3.63) is 89.1 Å². The topological polar surface area (TPSA) is 138 Å². The van der Waals surface area contributed by atoms with Gasteiger partial charge in [-0.25, -0.2) is 23.1 Å². The first kappa shape index (κ1) is 34.3. The first-order valence-corrected chi connectivity index (χ1v) is 18.2. The standard InChI is InChI=1S/C37H44N6O5S/c1-24-10-6-11-25(2)34(24)31-19-33-40-36(39-31)41-49(46,47)30-15-7-12-26(18-30)35(45)43(29(23-48-33)20-37(3,4)5)21-27-13-8-16-32(38-27)42-17-9-14-28(42)22-44/h6-8,10-13,15-16,18-19,28-29,44H,9,14,17,20-23H2,1-5H3,(H,39,40,41)/t28-,29+/m0/s1. The fraction of sp³-hybridized carbons (Fsp3) is 0.405. The van der Waals surface area contributed by atoms with E-state index in [-0.39, 0.29) is 59.4 Å². The van der Waals surface area contributed by atoms with E-state index in [1.807, 2.05) is 50.2 Å². The van der Waals surface area contributed by atoms with E-state index in [1.54, 1.807) is 23.1 Å². The van der Waals surface area contributed by atoms with Crippen LogP contribution < -0.4 is 14.4 Å². The Morgan fingerprint density at radius 2 is 1.69 bits per heavy atom. The molecule has 0 aliphatic carbocycles. The molecule has 12 heteroatoms. The summed E-state index contributed by atoms with van der Waals surface area (Å²) in [6.07, 6.45) is 2.44. The lowest BCUT2D eigenvalue weighted by Crippen LogP contribution is -2.45. The van der Waals surface area contributed by atoms with Crippen LogP contribution in [0.3, 0.4) is 0 Å². The second kappa shape index (κ2) is 13.8. The van der Waals surface area contributed by atoms with Crippen molar-refractivity contribution in [2.45, 2.75) is 77.4 Å². The number of benzene rings is 2. The molecule has 4 bridgehead atoms. The van der Waals surface area contributed by atoms with Crippen LogP contribution in [0.2, 0.25) is 0 Å². The van der Waals surface area contributed by atoms with Crippen LogP contribution in [-0.4, -0.2) is 71.1 Å². The van der Waals surface area contributed by atoms with E-state index in [1.165, 1.54) is 12.1 Å². The molecule has 4 aromatic rings. The van der Waals surface area contributed by atoms with Crippen molar-refractivity contribution in [2.75, 3.05) is 29.4 Å². The van der Waals surface area contributed by atoms with E-state index < -0.39 is 16.1 Å². The molecule has 1 fully saturated rings. The summed E-state index contributed by atoms with van der Waals surface area (Å²) in [5.41, 5.74) is 4.02. The van der Waals surface area contributed by atoms with Gasteiger partial charge in [0.05, 0.1) is 41.5 Å². The Bertz CT molecular complexity index is 1940. The number of nitrogens with one attached hydrogen (secondary N) is 1.